The Kier molecular flexibility index (Phi) is 5.36. The standard InChI is InChI=1S/C19H21NO4/c1-19(2,3)24-17(20-12-21)15-10-6-4-8-13(15)14-9-5-7-11-16(14)18(22)23/h4-12,17H,1-3H3,(H,20,21)(H,22,23). The van der Waals surface area contributed by atoms with E-state index in [4.69, 9.17) is 4.74 Å². The monoisotopic (exact) mass is 327 g/mol. The highest BCUT2D eigenvalue weighted by Crippen LogP contribution is 2.33. The van der Waals surface area contributed by atoms with Crippen LogP contribution in [0.25, 0.3) is 11.1 Å². The van der Waals surface area contributed by atoms with E-state index < -0.39 is 17.8 Å². The largest absolute Gasteiger partial charge is 0.478 e. The third kappa shape index (κ3) is 4.20. The third-order valence-electron chi connectivity index (χ3n) is 3.38. The molecule has 0 saturated carbocycles. The first-order chi connectivity index (χ1) is 11.3. The molecular formula is C19H21NO4. The second kappa shape index (κ2) is 7.27. The molecule has 2 rings (SSSR count). The van der Waals surface area contributed by atoms with E-state index in [0.717, 1.165) is 0 Å². The summed E-state index contributed by atoms with van der Waals surface area (Å²) in [6.07, 6.45) is -0.100. The fourth-order valence-corrected chi connectivity index (χ4v) is 2.48. The van der Waals surface area contributed by atoms with Crippen LogP contribution in [0.2, 0.25) is 0 Å². The topological polar surface area (TPSA) is 75.6 Å². The lowest BCUT2D eigenvalue weighted by Gasteiger charge is -2.28. The molecule has 2 aromatic carbocycles. The number of hydrogen-bond acceptors (Lipinski definition) is 3. The zero-order valence-corrected chi connectivity index (χ0v) is 13.9. The van der Waals surface area contributed by atoms with Gasteiger partial charge in [-0.25, -0.2) is 4.79 Å². The van der Waals surface area contributed by atoms with Crippen LogP contribution in [0, 0.1) is 0 Å². The zero-order valence-electron chi connectivity index (χ0n) is 13.9. The molecule has 0 aliphatic rings. The molecule has 5 nitrogen and oxygen atoms in total. The second-order valence-electron chi connectivity index (χ2n) is 6.33. The summed E-state index contributed by atoms with van der Waals surface area (Å²) in [7, 11) is 0. The number of carbonyl (C=O) groups is 2. The van der Waals surface area contributed by atoms with Gasteiger partial charge >= 0.3 is 5.97 Å². The summed E-state index contributed by atoms with van der Waals surface area (Å²) >= 11 is 0. The van der Waals surface area contributed by atoms with Crippen LogP contribution in [0.3, 0.4) is 0 Å². The summed E-state index contributed by atoms with van der Waals surface area (Å²) in [5, 5.41) is 12.1. The fourth-order valence-electron chi connectivity index (χ4n) is 2.48. The Hall–Kier alpha value is -2.66. The Morgan fingerprint density at radius 1 is 1.08 bits per heavy atom. The van der Waals surface area contributed by atoms with Crippen molar-refractivity contribution in [3.05, 3.63) is 59.7 Å². The predicted molar refractivity (Wildman–Crippen MR) is 91.6 cm³/mol. The molecule has 1 unspecified atom stereocenters. The maximum absolute atomic E-state index is 11.5. The Bertz CT molecular complexity index is 734. The van der Waals surface area contributed by atoms with Crippen LogP contribution < -0.4 is 5.32 Å². The molecule has 0 spiro atoms. The van der Waals surface area contributed by atoms with Crippen LogP contribution in [0.1, 0.15) is 42.9 Å². The highest BCUT2D eigenvalue weighted by molar-refractivity contribution is 5.96. The quantitative estimate of drug-likeness (QED) is 0.628. The minimum absolute atomic E-state index is 0.200. The summed E-state index contributed by atoms with van der Waals surface area (Å²) in [5.74, 6) is -1.00. The Morgan fingerprint density at radius 3 is 2.25 bits per heavy atom. The molecule has 0 aliphatic carbocycles. The Labute approximate surface area is 141 Å². The SMILES string of the molecule is CC(C)(C)OC(NC=O)c1ccccc1-c1ccccc1C(=O)O. The van der Waals surface area contributed by atoms with Gasteiger partial charge in [0.15, 0.2) is 6.23 Å². The van der Waals surface area contributed by atoms with Crippen molar-refractivity contribution >= 4 is 12.4 Å². The number of carboxylic acid groups (broad SMARTS) is 1. The Balaban J connectivity index is 2.58. The van der Waals surface area contributed by atoms with Gasteiger partial charge in [-0.1, -0.05) is 42.5 Å². The molecule has 0 aromatic heterocycles. The zero-order chi connectivity index (χ0) is 17.7. The van der Waals surface area contributed by atoms with Gasteiger partial charge in [0, 0.05) is 5.56 Å². The van der Waals surface area contributed by atoms with Gasteiger partial charge < -0.3 is 15.2 Å². The lowest BCUT2D eigenvalue weighted by molar-refractivity contribution is -0.120. The molecule has 0 fully saturated rings. The van der Waals surface area contributed by atoms with Crippen molar-refractivity contribution in [2.24, 2.45) is 0 Å². The van der Waals surface area contributed by atoms with Crippen molar-refractivity contribution in [3.8, 4) is 11.1 Å². The van der Waals surface area contributed by atoms with Crippen LogP contribution in [0.15, 0.2) is 48.5 Å². The average molecular weight is 327 g/mol. The van der Waals surface area contributed by atoms with Crippen molar-refractivity contribution < 1.29 is 19.4 Å². The number of nitrogens with one attached hydrogen (secondary N) is 1. The fraction of sp³-hybridized carbons (Fsp3) is 0.263. The number of rotatable bonds is 6. The van der Waals surface area contributed by atoms with Gasteiger partial charge in [0.2, 0.25) is 6.41 Å². The van der Waals surface area contributed by atoms with E-state index in [0.29, 0.717) is 23.1 Å². The molecule has 126 valence electrons. The molecule has 24 heavy (non-hydrogen) atoms. The first-order valence-electron chi connectivity index (χ1n) is 7.62. The predicted octanol–water partition coefficient (Wildman–Crippen LogP) is 3.61. The molecular weight excluding hydrogens is 306 g/mol. The molecule has 2 N–H and O–H groups in total. The van der Waals surface area contributed by atoms with E-state index >= 15 is 0 Å². The molecule has 0 aliphatic heterocycles. The van der Waals surface area contributed by atoms with Gasteiger partial charge in [-0.3, -0.25) is 4.79 Å². The molecule has 0 bridgehead atoms. The lowest BCUT2D eigenvalue weighted by atomic mass is 9.94. The van der Waals surface area contributed by atoms with Crippen LogP contribution in [-0.4, -0.2) is 23.1 Å². The van der Waals surface area contributed by atoms with Gasteiger partial charge in [-0.15, -0.1) is 0 Å². The van der Waals surface area contributed by atoms with Crippen molar-refractivity contribution in [1.82, 2.24) is 5.32 Å². The van der Waals surface area contributed by atoms with E-state index in [1.807, 2.05) is 45.0 Å². The van der Waals surface area contributed by atoms with Crippen molar-refractivity contribution in [1.29, 1.82) is 0 Å². The smallest absolute Gasteiger partial charge is 0.336 e. The van der Waals surface area contributed by atoms with Crippen LogP contribution in [0.5, 0.6) is 0 Å². The number of carbonyl (C=O) groups excluding carboxylic acids is 1. The second-order valence-corrected chi connectivity index (χ2v) is 6.33. The molecule has 0 radical (unpaired) electrons. The minimum atomic E-state index is -1.00. The molecule has 0 heterocycles. The van der Waals surface area contributed by atoms with Crippen molar-refractivity contribution in [3.63, 3.8) is 0 Å². The Morgan fingerprint density at radius 2 is 1.67 bits per heavy atom. The third-order valence-corrected chi connectivity index (χ3v) is 3.38. The van der Waals surface area contributed by atoms with Gasteiger partial charge in [0.1, 0.15) is 0 Å². The maximum atomic E-state index is 11.5. The number of benzene rings is 2. The highest BCUT2D eigenvalue weighted by Gasteiger charge is 2.23. The van der Waals surface area contributed by atoms with E-state index in [2.05, 4.69) is 5.32 Å². The molecule has 5 heteroatoms. The molecule has 2 aromatic rings. The first-order valence-corrected chi connectivity index (χ1v) is 7.62. The number of carboxylic acids is 1. The summed E-state index contributed by atoms with van der Waals surface area (Å²) in [6.45, 7) is 5.67. The number of hydrogen-bond donors (Lipinski definition) is 2. The van der Waals surface area contributed by atoms with Gasteiger partial charge in [-0.05, 0) is 38.0 Å². The van der Waals surface area contributed by atoms with E-state index in [1.54, 1.807) is 24.3 Å². The summed E-state index contributed by atoms with van der Waals surface area (Å²) in [4.78, 5) is 22.5. The van der Waals surface area contributed by atoms with Gasteiger partial charge in [-0.2, -0.15) is 0 Å². The molecule has 1 amide bonds. The highest BCUT2D eigenvalue weighted by atomic mass is 16.5. The van der Waals surface area contributed by atoms with Crippen molar-refractivity contribution in [2.45, 2.75) is 32.6 Å². The van der Waals surface area contributed by atoms with E-state index in [1.165, 1.54) is 0 Å². The first kappa shape index (κ1) is 17.7. The van der Waals surface area contributed by atoms with Gasteiger partial charge in [0.05, 0.1) is 11.2 Å². The van der Waals surface area contributed by atoms with E-state index in [9.17, 15) is 14.7 Å². The average Bonchev–Trinajstić information content (AvgIpc) is 2.53. The summed E-state index contributed by atoms with van der Waals surface area (Å²) < 4.78 is 5.94. The number of ether oxygens (including phenoxy) is 1. The summed E-state index contributed by atoms with van der Waals surface area (Å²) in [5.41, 5.74) is 1.70. The van der Waals surface area contributed by atoms with Crippen LogP contribution in [-0.2, 0) is 9.53 Å². The van der Waals surface area contributed by atoms with Crippen molar-refractivity contribution in [2.75, 3.05) is 0 Å². The molecule has 0 saturated heterocycles. The number of amides is 1. The normalized spacial score (nSPS) is 12.5. The van der Waals surface area contributed by atoms with Crippen LogP contribution in [0.4, 0.5) is 0 Å². The molecule has 1 atom stereocenters. The van der Waals surface area contributed by atoms with Gasteiger partial charge in [0.25, 0.3) is 0 Å². The van der Waals surface area contributed by atoms with E-state index in [-0.39, 0.29) is 5.56 Å². The lowest BCUT2D eigenvalue weighted by Crippen LogP contribution is -2.31. The van der Waals surface area contributed by atoms with Crippen LogP contribution >= 0.6 is 0 Å². The minimum Gasteiger partial charge on any atom is -0.478 e. The number of aromatic carboxylic acids is 1. The maximum Gasteiger partial charge on any atom is 0.336 e. The summed E-state index contributed by atoms with van der Waals surface area (Å²) in [6, 6.07) is 14.1.